The van der Waals surface area contributed by atoms with Gasteiger partial charge in [-0.2, -0.15) is 5.10 Å². The van der Waals surface area contributed by atoms with E-state index < -0.39 is 0 Å². The normalized spacial score (nSPS) is 17.2. The topological polar surface area (TPSA) is 76.2 Å². The van der Waals surface area contributed by atoms with Gasteiger partial charge in [0.05, 0.1) is 30.9 Å². The van der Waals surface area contributed by atoms with E-state index in [0.717, 1.165) is 16.9 Å². The highest BCUT2D eigenvalue weighted by Gasteiger charge is 2.26. The summed E-state index contributed by atoms with van der Waals surface area (Å²) in [6, 6.07) is 5.92. The van der Waals surface area contributed by atoms with Crippen molar-refractivity contribution in [3.05, 3.63) is 35.5 Å². The van der Waals surface area contributed by atoms with Gasteiger partial charge in [-0.15, -0.1) is 11.8 Å². The molecule has 0 radical (unpaired) electrons. The van der Waals surface area contributed by atoms with E-state index in [1.807, 2.05) is 18.2 Å². The first-order valence-electron chi connectivity index (χ1n) is 7.84. The number of nitrogens with zero attached hydrogens (tertiary/aromatic N) is 1. The predicted molar refractivity (Wildman–Crippen MR) is 94.8 cm³/mol. The smallest absolute Gasteiger partial charge is 0.235 e. The third kappa shape index (κ3) is 3.51. The van der Waals surface area contributed by atoms with Gasteiger partial charge in [-0.05, 0) is 23.6 Å². The van der Waals surface area contributed by atoms with Crippen LogP contribution in [0.1, 0.15) is 30.2 Å². The molecule has 0 unspecified atom stereocenters. The average Bonchev–Trinajstić information content (AvgIpc) is 2.95. The molecule has 1 aromatic carbocycles. The number of thioether (sulfide) groups is 1. The van der Waals surface area contributed by atoms with E-state index in [2.05, 4.69) is 29.4 Å². The van der Waals surface area contributed by atoms with Crippen LogP contribution < -0.4 is 14.8 Å². The van der Waals surface area contributed by atoms with Crippen LogP contribution >= 0.6 is 11.8 Å². The summed E-state index contributed by atoms with van der Waals surface area (Å²) in [6.45, 7) is 4.85. The average molecular weight is 347 g/mol. The Kier molecular flexibility index (Phi) is 4.99. The quantitative estimate of drug-likeness (QED) is 0.868. The van der Waals surface area contributed by atoms with Crippen molar-refractivity contribution in [3.8, 4) is 11.5 Å². The summed E-state index contributed by atoms with van der Waals surface area (Å²) in [6.07, 6.45) is 1.76. The number of anilines is 1. The molecule has 1 aliphatic rings. The fourth-order valence-electron chi connectivity index (χ4n) is 2.52. The Balaban J connectivity index is 1.91. The molecule has 0 saturated heterocycles. The zero-order valence-corrected chi connectivity index (χ0v) is 14.8. The van der Waals surface area contributed by atoms with Crippen LogP contribution in [0.3, 0.4) is 0 Å². The van der Waals surface area contributed by atoms with E-state index >= 15 is 0 Å². The maximum atomic E-state index is 11.8. The van der Waals surface area contributed by atoms with Crippen LogP contribution in [0.4, 0.5) is 5.82 Å². The molecule has 0 bridgehead atoms. The number of aromatic amines is 1. The van der Waals surface area contributed by atoms with Gasteiger partial charge in [0.1, 0.15) is 5.82 Å². The van der Waals surface area contributed by atoms with Crippen LogP contribution in [0, 0.1) is 5.92 Å². The number of nitrogens with one attached hydrogen (secondary N) is 2. The Morgan fingerprint density at radius 3 is 2.96 bits per heavy atom. The second-order valence-corrected chi connectivity index (χ2v) is 7.15. The van der Waals surface area contributed by atoms with Crippen LogP contribution in [-0.2, 0) is 4.79 Å². The number of hydrogen-bond acceptors (Lipinski definition) is 5. The first-order chi connectivity index (χ1) is 11.6. The van der Waals surface area contributed by atoms with E-state index in [4.69, 9.17) is 9.47 Å². The number of ether oxygens (including phenoxy) is 2. The van der Waals surface area contributed by atoms with Gasteiger partial charge in [0.15, 0.2) is 11.5 Å². The van der Waals surface area contributed by atoms with Gasteiger partial charge in [0.25, 0.3) is 0 Å². The lowest BCUT2D eigenvalue weighted by molar-refractivity contribution is -0.113. The first kappa shape index (κ1) is 16.7. The summed E-state index contributed by atoms with van der Waals surface area (Å²) in [5.74, 6) is 2.89. The number of hydrogen-bond donors (Lipinski definition) is 2. The number of amides is 1. The fraction of sp³-hybridized carbons (Fsp3) is 0.412. The van der Waals surface area contributed by atoms with Crippen molar-refractivity contribution in [3.63, 3.8) is 0 Å². The number of methoxy groups -OCH3 is 1. The SMILES string of the molecule is COc1cc([C@H]2SCC(=O)Nc3[nH]ncc32)ccc1OCC(C)C. The third-order valence-electron chi connectivity index (χ3n) is 3.66. The molecule has 0 fully saturated rings. The number of benzene rings is 1. The summed E-state index contributed by atoms with van der Waals surface area (Å²) < 4.78 is 11.3. The van der Waals surface area contributed by atoms with E-state index in [1.54, 1.807) is 25.1 Å². The molecule has 7 heteroatoms. The van der Waals surface area contributed by atoms with Crippen molar-refractivity contribution in [1.82, 2.24) is 10.2 Å². The molecule has 128 valence electrons. The summed E-state index contributed by atoms with van der Waals surface area (Å²) in [7, 11) is 1.63. The third-order valence-corrected chi connectivity index (χ3v) is 4.95. The lowest BCUT2D eigenvalue weighted by Gasteiger charge is -2.17. The van der Waals surface area contributed by atoms with Crippen LogP contribution in [0.2, 0.25) is 0 Å². The van der Waals surface area contributed by atoms with Gasteiger partial charge in [-0.1, -0.05) is 19.9 Å². The number of carbonyl (C=O) groups excluding carboxylic acids is 1. The number of rotatable bonds is 5. The summed E-state index contributed by atoms with van der Waals surface area (Å²) in [4.78, 5) is 11.8. The molecule has 1 aliphatic heterocycles. The number of aromatic nitrogens is 2. The molecule has 24 heavy (non-hydrogen) atoms. The van der Waals surface area contributed by atoms with Gasteiger partial charge < -0.3 is 14.8 Å². The van der Waals surface area contributed by atoms with E-state index in [9.17, 15) is 4.79 Å². The number of fused-ring (bicyclic) bond motifs is 1. The maximum Gasteiger partial charge on any atom is 0.235 e. The lowest BCUT2D eigenvalue weighted by Crippen LogP contribution is -2.12. The highest BCUT2D eigenvalue weighted by molar-refractivity contribution is 8.00. The lowest BCUT2D eigenvalue weighted by atomic mass is 10.1. The molecule has 3 rings (SSSR count). The molecule has 0 aliphatic carbocycles. The molecule has 1 amide bonds. The standard InChI is InChI=1S/C17H21N3O3S/c1-10(2)8-23-13-5-4-11(6-14(13)22-3)16-12-7-18-20-17(12)19-15(21)9-24-16/h4-7,10,16H,8-9H2,1-3H3,(H2,18,19,20,21)/t16-/m1/s1. The second-order valence-electron chi connectivity index (χ2n) is 6.05. The molecule has 6 nitrogen and oxygen atoms in total. The van der Waals surface area contributed by atoms with Crippen LogP contribution in [0.25, 0.3) is 0 Å². The zero-order chi connectivity index (χ0) is 17.1. The van der Waals surface area contributed by atoms with Crippen molar-refractivity contribution < 1.29 is 14.3 Å². The highest BCUT2D eigenvalue weighted by Crippen LogP contribution is 2.42. The van der Waals surface area contributed by atoms with Gasteiger partial charge in [0.2, 0.25) is 5.91 Å². The van der Waals surface area contributed by atoms with Crippen molar-refractivity contribution in [2.75, 3.05) is 24.8 Å². The van der Waals surface area contributed by atoms with Crippen LogP contribution in [-0.4, -0.2) is 35.6 Å². The second kappa shape index (κ2) is 7.17. The largest absolute Gasteiger partial charge is 0.493 e. The van der Waals surface area contributed by atoms with Crippen LogP contribution in [0.5, 0.6) is 11.5 Å². The summed E-state index contributed by atoms with van der Waals surface area (Å²) in [5.41, 5.74) is 2.01. The molecule has 0 spiro atoms. The molecule has 1 atom stereocenters. The van der Waals surface area contributed by atoms with Gasteiger partial charge in [0, 0.05) is 5.56 Å². The van der Waals surface area contributed by atoms with Gasteiger partial charge in [-0.25, -0.2) is 0 Å². The predicted octanol–water partition coefficient (Wildman–Crippen LogP) is 3.23. The van der Waals surface area contributed by atoms with E-state index in [0.29, 0.717) is 29.8 Å². The first-order valence-corrected chi connectivity index (χ1v) is 8.88. The molecule has 2 heterocycles. The maximum absolute atomic E-state index is 11.8. The van der Waals surface area contributed by atoms with E-state index in [1.165, 1.54) is 0 Å². The van der Waals surface area contributed by atoms with Crippen molar-refractivity contribution >= 4 is 23.5 Å². The number of carbonyl (C=O) groups is 1. The summed E-state index contributed by atoms with van der Waals surface area (Å²) in [5, 5.41) is 9.75. The Morgan fingerprint density at radius 1 is 1.38 bits per heavy atom. The fourth-order valence-corrected chi connectivity index (χ4v) is 3.60. The Hall–Kier alpha value is -2.15. The Morgan fingerprint density at radius 2 is 2.21 bits per heavy atom. The minimum atomic E-state index is -0.0307. The van der Waals surface area contributed by atoms with Gasteiger partial charge in [-0.3, -0.25) is 9.89 Å². The molecule has 1 aromatic heterocycles. The Labute approximate surface area is 145 Å². The molecule has 2 aromatic rings. The minimum absolute atomic E-state index is 0.00532. The molecule has 0 saturated carbocycles. The van der Waals surface area contributed by atoms with Crippen molar-refractivity contribution in [1.29, 1.82) is 0 Å². The number of H-pyrrole nitrogens is 1. The van der Waals surface area contributed by atoms with Gasteiger partial charge >= 0.3 is 0 Å². The van der Waals surface area contributed by atoms with Crippen molar-refractivity contribution in [2.24, 2.45) is 5.92 Å². The molecular weight excluding hydrogens is 326 g/mol. The zero-order valence-electron chi connectivity index (χ0n) is 14.0. The van der Waals surface area contributed by atoms with Crippen LogP contribution in [0.15, 0.2) is 24.4 Å². The Bertz CT molecular complexity index is 730. The highest BCUT2D eigenvalue weighted by atomic mass is 32.2. The molecule has 2 N–H and O–H groups in total. The monoisotopic (exact) mass is 347 g/mol. The van der Waals surface area contributed by atoms with Crippen molar-refractivity contribution in [2.45, 2.75) is 19.1 Å². The van der Waals surface area contributed by atoms with E-state index in [-0.39, 0.29) is 11.2 Å². The summed E-state index contributed by atoms with van der Waals surface area (Å²) >= 11 is 1.57. The molecular formula is C17H21N3O3S. The minimum Gasteiger partial charge on any atom is -0.493 e.